The van der Waals surface area contributed by atoms with Gasteiger partial charge < -0.3 is 24.1 Å². The largest absolute Gasteiger partial charge is 0.494 e. The molecule has 1 aromatic carbocycles. The first-order valence-electron chi connectivity index (χ1n) is 12.6. The van der Waals surface area contributed by atoms with Gasteiger partial charge in [0.25, 0.3) is 0 Å². The molecule has 1 heterocycles. The van der Waals surface area contributed by atoms with Gasteiger partial charge in [0.15, 0.2) is 0 Å². The van der Waals surface area contributed by atoms with E-state index >= 15 is 0 Å². The second-order valence-corrected chi connectivity index (χ2v) is 11.4. The monoisotopic (exact) mass is 485 g/mol. The van der Waals surface area contributed by atoms with Gasteiger partial charge >= 0.3 is 19.2 Å². The van der Waals surface area contributed by atoms with E-state index < -0.39 is 30.8 Å². The van der Waals surface area contributed by atoms with Crippen LogP contribution in [0.3, 0.4) is 0 Å². The van der Waals surface area contributed by atoms with E-state index in [1.807, 2.05) is 64.1 Å². The number of amides is 1. The number of hydrogen-bond acceptors (Lipinski definition) is 6. The summed E-state index contributed by atoms with van der Waals surface area (Å²) in [4.78, 5) is 25.1. The number of alkyl carbamates (subject to hydrolysis) is 1. The number of esters is 1. The first-order valence-corrected chi connectivity index (χ1v) is 12.6. The summed E-state index contributed by atoms with van der Waals surface area (Å²) in [6, 6.07) is 7.10. The molecule has 8 heteroatoms. The zero-order chi connectivity index (χ0) is 25.9. The van der Waals surface area contributed by atoms with Crippen molar-refractivity contribution in [3.05, 3.63) is 35.9 Å². The molecule has 1 aliphatic carbocycles. The maximum absolute atomic E-state index is 12.8. The number of carbonyl (C=O) groups is 2. The number of benzene rings is 1. The average molecular weight is 485 g/mol. The topological polar surface area (TPSA) is 83.1 Å². The van der Waals surface area contributed by atoms with E-state index in [2.05, 4.69) is 5.32 Å². The first kappa shape index (κ1) is 27.3. The van der Waals surface area contributed by atoms with Gasteiger partial charge in [-0.1, -0.05) is 36.4 Å². The molecule has 1 amide bonds. The van der Waals surface area contributed by atoms with Crippen molar-refractivity contribution >= 4 is 30.7 Å². The van der Waals surface area contributed by atoms with Gasteiger partial charge in [-0.3, -0.25) is 0 Å². The van der Waals surface area contributed by atoms with Crippen LogP contribution in [-0.2, 0) is 23.6 Å². The van der Waals surface area contributed by atoms with E-state index in [1.54, 1.807) is 20.8 Å². The van der Waals surface area contributed by atoms with Crippen LogP contribution in [0.2, 0.25) is 0 Å². The Bertz CT molecular complexity index is 897. The molecule has 3 rings (SSSR count). The minimum Gasteiger partial charge on any atom is -0.461 e. The summed E-state index contributed by atoms with van der Waals surface area (Å²) in [6.07, 6.45) is 7.23. The van der Waals surface area contributed by atoms with E-state index in [1.165, 1.54) is 0 Å². The first-order chi connectivity index (χ1) is 16.3. The quantitative estimate of drug-likeness (QED) is 0.443. The van der Waals surface area contributed by atoms with Crippen molar-refractivity contribution in [1.29, 1.82) is 0 Å². The Balaban J connectivity index is 1.62. The summed E-state index contributed by atoms with van der Waals surface area (Å²) in [7, 11) is -0.411. The van der Waals surface area contributed by atoms with Crippen molar-refractivity contribution in [2.24, 2.45) is 0 Å². The molecule has 1 atom stereocenters. The summed E-state index contributed by atoms with van der Waals surface area (Å²) in [6.45, 7) is 13.5. The van der Waals surface area contributed by atoms with Crippen molar-refractivity contribution < 1.29 is 28.4 Å². The standard InChI is InChI=1S/C27H40BNO6/c1-25(2,3)33-24(31)29-22(23(30)32-21-12-8-9-13-21)14-10-11-19-15-17-20(18-16-19)28-34-26(4,5)27(6,7)35-28/h10-11,15-18,21-22H,8-9,12-14H2,1-7H3,(H,29,31)/t22-/m1/s1. The molecular weight excluding hydrogens is 445 g/mol. The molecule has 35 heavy (non-hydrogen) atoms. The predicted molar refractivity (Wildman–Crippen MR) is 137 cm³/mol. The van der Waals surface area contributed by atoms with Gasteiger partial charge in [0.05, 0.1) is 11.2 Å². The molecule has 0 bridgehead atoms. The van der Waals surface area contributed by atoms with Gasteiger partial charge in [0.1, 0.15) is 17.7 Å². The Hall–Kier alpha value is -2.32. The Morgan fingerprint density at radius 2 is 1.66 bits per heavy atom. The number of hydrogen-bond donors (Lipinski definition) is 1. The Kier molecular flexibility index (Phi) is 8.38. The zero-order valence-corrected chi connectivity index (χ0v) is 22.2. The molecule has 1 saturated heterocycles. The summed E-state index contributed by atoms with van der Waals surface area (Å²) in [5.74, 6) is -0.427. The highest BCUT2D eigenvalue weighted by molar-refractivity contribution is 6.62. The van der Waals surface area contributed by atoms with Crippen LogP contribution in [0.4, 0.5) is 4.79 Å². The molecule has 0 unspecified atom stereocenters. The van der Waals surface area contributed by atoms with Crippen LogP contribution in [0.1, 0.15) is 86.1 Å². The maximum atomic E-state index is 12.8. The molecule has 0 spiro atoms. The van der Waals surface area contributed by atoms with Crippen molar-refractivity contribution in [1.82, 2.24) is 5.32 Å². The van der Waals surface area contributed by atoms with Crippen LogP contribution in [0.15, 0.2) is 30.3 Å². The van der Waals surface area contributed by atoms with Crippen LogP contribution in [0, 0.1) is 0 Å². The minimum absolute atomic E-state index is 0.0723. The molecule has 1 saturated carbocycles. The van der Waals surface area contributed by atoms with Gasteiger partial charge in [-0.25, -0.2) is 9.59 Å². The fraction of sp³-hybridized carbons (Fsp3) is 0.630. The Morgan fingerprint density at radius 1 is 1.09 bits per heavy atom. The summed E-state index contributed by atoms with van der Waals surface area (Å²) in [5, 5.41) is 2.68. The van der Waals surface area contributed by atoms with Crippen LogP contribution >= 0.6 is 0 Å². The molecular formula is C27H40BNO6. The van der Waals surface area contributed by atoms with Crippen LogP contribution in [0.5, 0.6) is 0 Å². The highest BCUT2D eigenvalue weighted by Crippen LogP contribution is 2.36. The normalized spacial score (nSPS) is 20.7. The average Bonchev–Trinajstić information content (AvgIpc) is 3.31. The lowest BCUT2D eigenvalue weighted by Crippen LogP contribution is -2.44. The lowest BCUT2D eigenvalue weighted by molar-refractivity contribution is -0.151. The Labute approximate surface area is 210 Å². The highest BCUT2D eigenvalue weighted by atomic mass is 16.7. The molecule has 1 aliphatic heterocycles. The van der Waals surface area contributed by atoms with E-state index in [4.69, 9.17) is 18.8 Å². The smallest absolute Gasteiger partial charge is 0.461 e. The van der Waals surface area contributed by atoms with Crippen molar-refractivity contribution in [3.63, 3.8) is 0 Å². The van der Waals surface area contributed by atoms with Gasteiger partial charge in [-0.2, -0.15) is 0 Å². The van der Waals surface area contributed by atoms with Crippen LogP contribution < -0.4 is 10.8 Å². The second-order valence-electron chi connectivity index (χ2n) is 11.4. The van der Waals surface area contributed by atoms with Gasteiger partial charge in [-0.15, -0.1) is 0 Å². The lowest BCUT2D eigenvalue weighted by Gasteiger charge is -2.32. The SMILES string of the molecule is CC(C)(C)OC(=O)N[C@H](CC=Cc1ccc(B2OC(C)(C)C(C)(C)O2)cc1)C(=O)OC1CCCC1. The minimum atomic E-state index is -0.814. The van der Waals surface area contributed by atoms with Crippen molar-refractivity contribution in [2.45, 2.75) is 110 Å². The molecule has 192 valence electrons. The third-order valence-corrected chi connectivity index (χ3v) is 6.70. The van der Waals surface area contributed by atoms with Crippen molar-refractivity contribution in [2.75, 3.05) is 0 Å². The third-order valence-electron chi connectivity index (χ3n) is 6.70. The third kappa shape index (κ3) is 7.58. The van der Waals surface area contributed by atoms with E-state index in [9.17, 15) is 9.59 Å². The molecule has 2 aliphatic rings. The highest BCUT2D eigenvalue weighted by Gasteiger charge is 2.51. The molecule has 0 aromatic heterocycles. The fourth-order valence-corrected chi connectivity index (χ4v) is 4.00. The second kappa shape index (κ2) is 10.7. The molecule has 0 radical (unpaired) electrons. The van der Waals surface area contributed by atoms with Crippen molar-refractivity contribution in [3.8, 4) is 0 Å². The molecule has 2 fully saturated rings. The zero-order valence-electron chi connectivity index (χ0n) is 22.2. The maximum Gasteiger partial charge on any atom is 0.494 e. The number of rotatable bonds is 7. The molecule has 1 aromatic rings. The Morgan fingerprint density at radius 3 is 2.20 bits per heavy atom. The van der Waals surface area contributed by atoms with Gasteiger partial charge in [0, 0.05) is 0 Å². The van der Waals surface area contributed by atoms with E-state index in [0.29, 0.717) is 6.42 Å². The van der Waals surface area contributed by atoms with Crippen LogP contribution in [0.25, 0.3) is 6.08 Å². The van der Waals surface area contributed by atoms with E-state index in [-0.39, 0.29) is 17.3 Å². The fourth-order valence-electron chi connectivity index (χ4n) is 4.00. The predicted octanol–water partition coefficient (Wildman–Crippen LogP) is 4.77. The molecule has 7 nitrogen and oxygen atoms in total. The van der Waals surface area contributed by atoms with E-state index in [0.717, 1.165) is 36.7 Å². The number of carbonyl (C=O) groups excluding carboxylic acids is 2. The summed E-state index contributed by atoms with van der Waals surface area (Å²) in [5.41, 5.74) is 0.480. The summed E-state index contributed by atoms with van der Waals surface area (Å²) < 4.78 is 23.2. The van der Waals surface area contributed by atoms with Crippen LogP contribution in [-0.4, -0.2) is 48.1 Å². The van der Waals surface area contributed by atoms with Gasteiger partial charge in [0.2, 0.25) is 0 Å². The summed E-state index contributed by atoms with van der Waals surface area (Å²) >= 11 is 0. The number of ether oxygens (including phenoxy) is 2. The van der Waals surface area contributed by atoms with Gasteiger partial charge in [-0.05, 0) is 91.6 Å². The molecule has 1 N–H and O–H groups in total. The lowest BCUT2D eigenvalue weighted by atomic mass is 9.79. The number of nitrogens with one attached hydrogen (secondary N) is 1.